The average molecular weight is 381 g/mol. The van der Waals surface area contributed by atoms with Crippen molar-refractivity contribution in [1.82, 2.24) is 4.90 Å². The maximum atomic E-state index is 13.8. The van der Waals surface area contributed by atoms with Gasteiger partial charge in [0.25, 0.3) is 5.91 Å². The second kappa shape index (κ2) is 7.49. The number of hydrogen-bond donors (Lipinski definition) is 0. The van der Waals surface area contributed by atoms with Crippen LogP contribution >= 0.6 is 0 Å². The Hall–Kier alpha value is -2.35. The summed E-state index contributed by atoms with van der Waals surface area (Å²) in [7, 11) is -3.17. The zero-order valence-electron chi connectivity index (χ0n) is 14.3. The number of para-hydroxylation sites is 1. The second-order valence-electron chi connectivity index (χ2n) is 6.29. The van der Waals surface area contributed by atoms with Gasteiger partial charge in [-0.25, -0.2) is 12.8 Å². The maximum Gasteiger partial charge on any atom is 0.264 e. The molecular formula is C18H20FNO5S. The molecule has 1 aliphatic rings. The molecule has 0 bridgehead atoms. The van der Waals surface area contributed by atoms with Crippen LogP contribution in [-0.2, 0) is 21.2 Å². The first kappa shape index (κ1) is 18.4. The molecule has 26 heavy (non-hydrogen) atoms. The fourth-order valence-corrected chi connectivity index (χ4v) is 4.72. The lowest BCUT2D eigenvalue weighted by atomic mass is 10.2. The lowest BCUT2D eigenvalue weighted by molar-refractivity contribution is -0.141. The summed E-state index contributed by atoms with van der Waals surface area (Å²) in [6.45, 7) is 1.66. The molecule has 2 heterocycles. The van der Waals surface area contributed by atoms with Crippen molar-refractivity contribution >= 4 is 15.7 Å². The Morgan fingerprint density at radius 2 is 2.12 bits per heavy atom. The molecule has 140 valence electrons. The molecule has 2 unspecified atom stereocenters. The van der Waals surface area contributed by atoms with E-state index in [-0.39, 0.29) is 23.8 Å². The Bertz CT molecular complexity index is 865. The number of rotatable bonds is 6. The monoisotopic (exact) mass is 381 g/mol. The van der Waals surface area contributed by atoms with Crippen LogP contribution in [-0.4, -0.2) is 42.9 Å². The van der Waals surface area contributed by atoms with E-state index in [0.717, 1.165) is 0 Å². The third-order valence-electron chi connectivity index (χ3n) is 4.33. The predicted octanol–water partition coefficient (Wildman–Crippen LogP) is 2.40. The number of sulfone groups is 1. The molecule has 6 nitrogen and oxygen atoms in total. The number of amides is 1. The molecule has 1 saturated heterocycles. The van der Waals surface area contributed by atoms with Gasteiger partial charge in [0.1, 0.15) is 5.76 Å². The Labute approximate surface area is 151 Å². The maximum absolute atomic E-state index is 13.8. The van der Waals surface area contributed by atoms with E-state index in [1.807, 2.05) is 0 Å². The molecule has 0 radical (unpaired) electrons. The largest absolute Gasteiger partial charge is 0.478 e. The molecule has 3 rings (SSSR count). The average Bonchev–Trinajstić information content (AvgIpc) is 3.23. The fourth-order valence-electron chi connectivity index (χ4n) is 2.99. The van der Waals surface area contributed by atoms with Crippen molar-refractivity contribution in [2.75, 3.05) is 11.5 Å². The van der Waals surface area contributed by atoms with Crippen LogP contribution in [0.25, 0.3) is 0 Å². The highest BCUT2D eigenvalue weighted by Gasteiger charge is 2.37. The summed E-state index contributed by atoms with van der Waals surface area (Å²) in [6.07, 6.45) is 0.884. The lowest BCUT2D eigenvalue weighted by Crippen LogP contribution is -2.46. The highest BCUT2D eigenvalue weighted by Crippen LogP contribution is 2.23. The van der Waals surface area contributed by atoms with Gasteiger partial charge in [0.2, 0.25) is 0 Å². The minimum absolute atomic E-state index is 0.0228. The standard InChI is InChI=1S/C18H20FNO5S/c1-13(25-17-7-3-2-6-16(17)19)18(21)20(11-15-5-4-9-24-15)14-8-10-26(22,23)12-14/h2-7,9,13-14H,8,10-12H2,1H3. The van der Waals surface area contributed by atoms with Crippen molar-refractivity contribution in [2.45, 2.75) is 32.0 Å². The summed E-state index contributed by atoms with van der Waals surface area (Å²) in [4.78, 5) is 14.4. The molecule has 1 aromatic heterocycles. The minimum atomic E-state index is -3.17. The van der Waals surface area contributed by atoms with Crippen molar-refractivity contribution in [3.05, 3.63) is 54.2 Å². The zero-order valence-corrected chi connectivity index (χ0v) is 15.1. The Balaban J connectivity index is 1.78. The van der Waals surface area contributed by atoms with Crippen molar-refractivity contribution in [3.63, 3.8) is 0 Å². The third-order valence-corrected chi connectivity index (χ3v) is 6.08. The predicted molar refractivity (Wildman–Crippen MR) is 92.8 cm³/mol. The van der Waals surface area contributed by atoms with Crippen molar-refractivity contribution in [2.24, 2.45) is 0 Å². The number of hydrogen-bond acceptors (Lipinski definition) is 5. The van der Waals surface area contributed by atoms with Crippen molar-refractivity contribution in [1.29, 1.82) is 0 Å². The molecule has 2 atom stereocenters. The zero-order chi connectivity index (χ0) is 18.7. The van der Waals surface area contributed by atoms with Crippen LogP contribution in [0, 0.1) is 5.82 Å². The number of carbonyl (C=O) groups is 1. The molecular weight excluding hydrogens is 361 g/mol. The minimum Gasteiger partial charge on any atom is -0.478 e. The number of furan rings is 1. The van der Waals surface area contributed by atoms with E-state index in [4.69, 9.17) is 9.15 Å². The SMILES string of the molecule is CC(Oc1ccccc1F)C(=O)N(Cc1ccco1)C1CCS(=O)(=O)C1. The van der Waals surface area contributed by atoms with Crippen LogP contribution in [0.15, 0.2) is 47.1 Å². The van der Waals surface area contributed by atoms with Crippen molar-refractivity contribution in [3.8, 4) is 5.75 Å². The normalized spacial score (nSPS) is 19.8. The molecule has 1 amide bonds. The van der Waals surface area contributed by atoms with Crippen LogP contribution in [0.5, 0.6) is 5.75 Å². The topological polar surface area (TPSA) is 76.8 Å². The second-order valence-corrected chi connectivity index (χ2v) is 8.52. The van der Waals surface area contributed by atoms with Gasteiger partial charge in [-0.15, -0.1) is 0 Å². The van der Waals surface area contributed by atoms with Crippen LogP contribution in [0.2, 0.25) is 0 Å². The highest BCUT2D eigenvalue weighted by molar-refractivity contribution is 7.91. The Kier molecular flexibility index (Phi) is 5.31. The molecule has 8 heteroatoms. The van der Waals surface area contributed by atoms with Gasteiger partial charge in [-0.3, -0.25) is 4.79 Å². The van der Waals surface area contributed by atoms with Gasteiger partial charge in [0.15, 0.2) is 27.5 Å². The molecule has 1 aromatic carbocycles. The number of ether oxygens (including phenoxy) is 1. The molecule has 0 N–H and O–H groups in total. The highest BCUT2D eigenvalue weighted by atomic mass is 32.2. The first-order valence-corrected chi connectivity index (χ1v) is 10.1. The summed E-state index contributed by atoms with van der Waals surface area (Å²) in [5.74, 6) is -0.500. The number of carbonyl (C=O) groups excluding carboxylic acids is 1. The van der Waals surface area contributed by atoms with E-state index in [9.17, 15) is 17.6 Å². The number of nitrogens with zero attached hydrogens (tertiary/aromatic N) is 1. The van der Waals surface area contributed by atoms with E-state index in [0.29, 0.717) is 12.2 Å². The van der Waals surface area contributed by atoms with Gasteiger partial charge in [-0.05, 0) is 37.6 Å². The Morgan fingerprint density at radius 1 is 1.35 bits per heavy atom. The molecule has 0 spiro atoms. The van der Waals surface area contributed by atoms with Gasteiger partial charge in [0, 0.05) is 6.04 Å². The molecule has 0 saturated carbocycles. The van der Waals surface area contributed by atoms with Gasteiger partial charge >= 0.3 is 0 Å². The fraction of sp³-hybridized carbons (Fsp3) is 0.389. The third kappa shape index (κ3) is 4.24. The number of benzene rings is 1. The first-order chi connectivity index (χ1) is 12.4. The van der Waals surface area contributed by atoms with E-state index in [2.05, 4.69) is 0 Å². The van der Waals surface area contributed by atoms with Gasteiger partial charge < -0.3 is 14.1 Å². The van der Waals surface area contributed by atoms with Gasteiger partial charge in [0.05, 0.1) is 24.3 Å². The quantitative estimate of drug-likeness (QED) is 0.768. The lowest BCUT2D eigenvalue weighted by Gasteiger charge is -2.30. The van der Waals surface area contributed by atoms with E-state index in [1.165, 1.54) is 36.3 Å². The summed E-state index contributed by atoms with van der Waals surface area (Å²) in [5, 5.41) is 0. The smallest absolute Gasteiger partial charge is 0.264 e. The first-order valence-electron chi connectivity index (χ1n) is 8.30. The van der Waals surface area contributed by atoms with Crippen LogP contribution < -0.4 is 4.74 Å². The van der Waals surface area contributed by atoms with E-state index < -0.39 is 33.7 Å². The summed E-state index contributed by atoms with van der Waals surface area (Å²) in [5.41, 5.74) is 0. The summed E-state index contributed by atoms with van der Waals surface area (Å²) in [6, 6.07) is 8.78. The van der Waals surface area contributed by atoms with Gasteiger partial charge in [-0.2, -0.15) is 0 Å². The van der Waals surface area contributed by atoms with Crippen LogP contribution in [0.1, 0.15) is 19.1 Å². The van der Waals surface area contributed by atoms with E-state index >= 15 is 0 Å². The molecule has 0 aliphatic carbocycles. The molecule has 1 fully saturated rings. The van der Waals surface area contributed by atoms with Crippen LogP contribution in [0.3, 0.4) is 0 Å². The molecule has 2 aromatic rings. The Morgan fingerprint density at radius 3 is 2.73 bits per heavy atom. The van der Waals surface area contributed by atoms with Crippen LogP contribution in [0.4, 0.5) is 4.39 Å². The van der Waals surface area contributed by atoms with Gasteiger partial charge in [-0.1, -0.05) is 12.1 Å². The number of halogens is 1. The molecule has 1 aliphatic heterocycles. The van der Waals surface area contributed by atoms with E-state index in [1.54, 1.807) is 18.2 Å². The summed E-state index contributed by atoms with van der Waals surface area (Å²) < 4.78 is 48.2. The summed E-state index contributed by atoms with van der Waals surface area (Å²) >= 11 is 0. The van der Waals surface area contributed by atoms with Crippen molar-refractivity contribution < 1.29 is 26.8 Å².